The topological polar surface area (TPSA) is 110 Å². The zero-order valence-corrected chi connectivity index (χ0v) is 8.93. The smallest absolute Gasteiger partial charge is 0.327 e. The molecule has 0 unspecified atom stereocenters. The number of esters is 1. The molecule has 3 N–H and O–H groups in total. The second-order valence-electron chi connectivity index (χ2n) is 2.29. The molecule has 13 heavy (non-hydrogen) atoms. The van der Waals surface area contributed by atoms with E-state index in [0.717, 1.165) is 0 Å². The van der Waals surface area contributed by atoms with E-state index < -0.39 is 36.3 Å². The standard InChI is InChI=1S/C6H8O6.Na/c7-1-2(8)5-3(9)4(10)6(11)12-5;/h2,5,7-10H,1H2;/p-1/t2-,5+;/m0./s1. The Balaban J connectivity index is 0.00000144. The summed E-state index contributed by atoms with van der Waals surface area (Å²) >= 11 is 0. The van der Waals surface area contributed by atoms with Crippen LogP contribution in [0.3, 0.4) is 0 Å². The SMILES string of the molecule is O=C1O[C@H]([C@@H](O)CO)C(O)=C1[O-].[Na]. The minimum Gasteiger partial charge on any atom is -0.865 e. The Bertz CT molecular complexity index is 237. The molecule has 0 aromatic rings. The summed E-state index contributed by atoms with van der Waals surface area (Å²) in [5, 5.41) is 36.8. The fourth-order valence-electron chi connectivity index (χ4n) is 0.815. The van der Waals surface area contributed by atoms with Crippen molar-refractivity contribution in [3.8, 4) is 0 Å². The van der Waals surface area contributed by atoms with Crippen LogP contribution in [0.4, 0.5) is 0 Å². The van der Waals surface area contributed by atoms with Crippen LogP contribution in [0, 0.1) is 0 Å². The van der Waals surface area contributed by atoms with Crippen LogP contribution in [0.2, 0.25) is 0 Å². The van der Waals surface area contributed by atoms with Gasteiger partial charge in [-0.15, -0.1) is 0 Å². The molecule has 7 heteroatoms. The summed E-state index contributed by atoms with van der Waals surface area (Å²) in [5.74, 6) is -3.25. The molecule has 0 bridgehead atoms. The predicted octanol–water partition coefficient (Wildman–Crippen LogP) is -2.99. The first-order chi connectivity index (χ1) is 5.57. The first-order valence-electron chi connectivity index (χ1n) is 3.18. The normalized spacial score (nSPS) is 23.8. The van der Waals surface area contributed by atoms with Gasteiger partial charge >= 0.3 is 5.97 Å². The summed E-state index contributed by atoms with van der Waals surface area (Å²) in [4.78, 5) is 10.5. The number of aliphatic hydroxyl groups excluding tert-OH is 3. The number of carbonyl (C=O) groups excluding carboxylic acids is 1. The largest absolute Gasteiger partial charge is 0.865 e. The van der Waals surface area contributed by atoms with Gasteiger partial charge in [0.05, 0.1) is 6.61 Å². The molecular formula is C6H7NaO6-. The zero-order valence-electron chi connectivity index (χ0n) is 6.93. The predicted molar refractivity (Wildman–Crippen MR) is 38.4 cm³/mol. The first-order valence-corrected chi connectivity index (χ1v) is 3.18. The van der Waals surface area contributed by atoms with Gasteiger partial charge in [-0.2, -0.15) is 0 Å². The Morgan fingerprint density at radius 1 is 1.62 bits per heavy atom. The van der Waals surface area contributed by atoms with E-state index in [1.807, 2.05) is 0 Å². The number of cyclic esters (lactones) is 1. The minimum atomic E-state index is -1.46. The van der Waals surface area contributed by atoms with Gasteiger partial charge in [0.25, 0.3) is 0 Å². The maximum Gasteiger partial charge on any atom is 0.327 e. The molecule has 1 aliphatic heterocycles. The fourth-order valence-corrected chi connectivity index (χ4v) is 0.815. The molecule has 1 radical (unpaired) electrons. The molecule has 6 nitrogen and oxygen atoms in total. The van der Waals surface area contributed by atoms with Gasteiger partial charge in [0.15, 0.2) is 6.10 Å². The summed E-state index contributed by atoms with van der Waals surface area (Å²) in [7, 11) is 0. The van der Waals surface area contributed by atoms with Crippen LogP contribution in [0.5, 0.6) is 0 Å². The second kappa shape index (κ2) is 4.83. The van der Waals surface area contributed by atoms with Gasteiger partial charge in [0.2, 0.25) is 0 Å². The van der Waals surface area contributed by atoms with Gasteiger partial charge in [-0.1, -0.05) is 0 Å². The monoisotopic (exact) mass is 198 g/mol. The Labute approximate surface area is 95.7 Å². The van der Waals surface area contributed by atoms with Crippen LogP contribution in [-0.2, 0) is 9.53 Å². The van der Waals surface area contributed by atoms with E-state index in [1.165, 1.54) is 0 Å². The Hall–Kier alpha value is -0.270. The number of ether oxygens (including phenoxy) is 1. The van der Waals surface area contributed by atoms with Gasteiger partial charge in [0.1, 0.15) is 11.9 Å². The van der Waals surface area contributed by atoms with Crippen LogP contribution in [0.1, 0.15) is 0 Å². The maximum absolute atomic E-state index is 10.6. The molecule has 1 rings (SSSR count). The second-order valence-corrected chi connectivity index (χ2v) is 2.29. The third-order valence-corrected chi connectivity index (χ3v) is 1.46. The molecule has 0 spiro atoms. The van der Waals surface area contributed by atoms with Gasteiger partial charge < -0.3 is 25.2 Å². The summed E-state index contributed by atoms with van der Waals surface area (Å²) < 4.78 is 4.25. The van der Waals surface area contributed by atoms with Crippen LogP contribution in [0.15, 0.2) is 11.5 Å². The molecular weight excluding hydrogens is 191 g/mol. The Kier molecular flexibility index (Phi) is 4.72. The average molecular weight is 198 g/mol. The van der Waals surface area contributed by atoms with Crippen LogP contribution in [-0.4, -0.2) is 69.7 Å². The van der Waals surface area contributed by atoms with Crippen molar-refractivity contribution >= 4 is 35.5 Å². The molecule has 0 aromatic carbocycles. The molecule has 0 fully saturated rings. The molecule has 2 atom stereocenters. The molecule has 0 aromatic heterocycles. The van der Waals surface area contributed by atoms with E-state index in [2.05, 4.69) is 4.74 Å². The molecule has 1 aliphatic rings. The third kappa shape index (κ3) is 2.35. The van der Waals surface area contributed by atoms with Crippen molar-refractivity contribution in [3.05, 3.63) is 11.5 Å². The molecule has 1 heterocycles. The summed E-state index contributed by atoms with van der Waals surface area (Å²) in [6, 6.07) is 0. The summed E-state index contributed by atoms with van der Waals surface area (Å²) in [5.41, 5.74) is 0. The van der Waals surface area contributed by atoms with Crippen molar-refractivity contribution in [3.63, 3.8) is 0 Å². The quantitative estimate of drug-likeness (QED) is 0.322. The van der Waals surface area contributed by atoms with Crippen molar-refractivity contribution in [2.24, 2.45) is 0 Å². The molecule has 69 valence electrons. The number of hydrogen-bond acceptors (Lipinski definition) is 6. The summed E-state index contributed by atoms with van der Waals surface area (Å²) in [6.07, 6.45) is -2.88. The third-order valence-electron chi connectivity index (χ3n) is 1.46. The number of aliphatic hydroxyl groups is 3. The molecule has 0 saturated carbocycles. The number of rotatable bonds is 2. The van der Waals surface area contributed by atoms with Crippen LogP contribution < -0.4 is 5.11 Å². The van der Waals surface area contributed by atoms with E-state index in [0.29, 0.717) is 0 Å². The van der Waals surface area contributed by atoms with Crippen LogP contribution >= 0.6 is 0 Å². The van der Waals surface area contributed by atoms with Gasteiger partial charge in [-0.25, -0.2) is 4.79 Å². The van der Waals surface area contributed by atoms with Crippen molar-refractivity contribution < 1.29 is 30.0 Å². The Morgan fingerprint density at radius 2 is 2.15 bits per heavy atom. The van der Waals surface area contributed by atoms with Crippen LogP contribution in [0.25, 0.3) is 0 Å². The zero-order chi connectivity index (χ0) is 9.30. The number of hydrogen-bond donors (Lipinski definition) is 3. The van der Waals surface area contributed by atoms with E-state index in [1.54, 1.807) is 0 Å². The fraction of sp³-hybridized carbons (Fsp3) is 0.500. The van der Waals surface area contributed by atoms with Crippen molar-refractivity contribution in [1.82, 2.24) is 0 Å². The first kappa shape index (κ1) is 12.7. The van der Waals surface area contributed by atoms with Crippen molar-refractivity contribution in [1.29, 1.82) is 0 Å². The van der Waals surface area contributed by atoms with E-state index in [9.17, 15) is 9.90 Å². The van der Waals surface area contributed by atoms with Crippen molar-refractivity contribution in [2.75, 3.05) is 6.61 Å². The molecule has 0 saturated heterocycles. The minimum absolute atomic E-state index is 0. The van der Waals surface area contributed by atoms with E-state index in [-0.39, 0.29) is 29.6 Å². The average Bonchev–Trinajstić information content (AvgIpc) is 2.32. The molecule has 0 aliphatic carbocycles. The van der Waals surface area contributed by atoms with Gasteiger partial charge in [0, 0.05) is 35.3 Å². The van der Waals surface area contributed by atoms with E-state index in [4.69, 9.17) is 15.3 Å². The van der Waals surface area contributed by atoms with E-state index >= 15 is 0 Å². The molecule has 0 amide bonds. The number of carbonyl (C=O) groups is 1. The van der Waals surface area contributed by atoms with Gasteiger partial charge in [-0.05, 0) is 0 Å². The van der Waals surface area contributed by atoms with Gasteiger partial charge in [-0.3, -0.25) is 0 Å². The van der Waals surface area contributed by atoms with Crippen molar-refractivity contribution in [2.45, 2.75) is 12.2 Å². The summed E-state index contributed by atoms with van der Waals surface area (Å²) in [6.45, 7) is -0.699. The Morgan fingerprint density at radius 3 is 2.46 bits per heavy atom. The maximum atomic E-state index is 10.6.